The molecule has 1 saturated heterocycles. The van der Waals surface area contributed by atoms with Crippen LogP contribution in [0.5, 0.6) is 0 Å². The van der Waals surface area contributed by atoms with Gasteiger partial charge in [0.05, 0.1) is 12.3 Å². The summed E-state index contributed by atoms with van der Waals surface area (Å²) in [7, 11) is 1.79. The minimum Gasteiger partial charge on any atom is -0.459 e. The molecule has 33 heavy (non-hydrogen) atoms. The SMILES string of the molecule is CN=C(NCc1ccc(NC(=O)c2ccco2)cc1)NCC(c1ccccc1)N1CCCC1. The molecule has 1 atom stereocenters. The first kappa shape index (κ1) is 22.6. The highest BCUT2D eigenvalue weighted by Crippen LogP contribution is 2.24. The molecule has 0 radical (unpaired) electrons. The van der Waals surface area contributed by atoms with Crippen molar-refractivity contribution in [3.05, 3.63) is 89.9 Å². The highest BCUT2D eigenvalue weighted by Gasteiger charge is 2.23. The number of nitrogens with zero attached hydrogens (tertiary/aromatic N) is 2. The van der Waals surface area contributed by atoms with Gasteiger partial charge in [-0.25, -0.2) is 0 Å². The Morgan fingerprint density at radius 2 is 1.76 bits per heavy atom. The van der Waals surface area contributed by atoms with E-state index in [0.717, 1.165) is 36.8 Å². The number of carbonyl (C=O) groups excluding carboxylic acids is 1. The first-order chi connectivity index (χ1) is 16.2. The molecule has 7 heteroatoms. The molecule has 2 aromatic carbocycles. The normalized spacial score (nSPS) is 15.2. The monoisotopic (exact) mass is 445 g/mol. The van der Waals surface area contributed by atoms with Crippen LogP contribution in [0.2, 0.25) is 0 Å². The minimum absolute atomic E-state index is 0.263. The zero-order valence-electron chi connectivity index (χ0n) is 19.0. The van der Waals surface area contributed by atoms with Crippen LogP contribution in [0.15, 0.2) is 82.4 Å². The molecule has 1 unspecified atom stereocenters. The molecule has 172 valence electrons. The fraction of sp³-hybridized carbons (Fsp3) is 0.308. The molecule has 1 amide bonds. The Balaban J connectivity index is 1.29. The predicted octanol–water partition coefficient (Wildman–Crippen LogP) is 4.03. The minimum atomic E-state index is -0.263. The first-order valence-corrected chi connectivity index (χ1v) is 11.4. The molecular weight excluding hydrogens is 414 g/mol. The molecule has 2 heterocycles. The molecule has 0 bridgehead atoms. The highest BCUT2D eigenvalue weighted by atomic mass is 16.3. The summed E-state index contributed by atoms with van der Waals surface area (Å²) in [6, 6.07) is 22.1. The number of furan rings is 1. The second-order valence-corrected chi connectivity index (χ2v) is 8.10. The van der Waals surface area contributed by atoms with Crippen LogP contribution in [-0.4, -0.2) is 43.4 Å². The van der Waals surface area contributed by atoms with Crippen LogP contribution in [0.4, 0.5) is 5.69 Å². The Morgan fingerprint density at radius 1 is 1.00 bits per heavy atom. The third kappa shape index (κ3) is 6.23. The third-order valence-corrected chi connectivity index (χ3v) is 5.87. The highest BCUT2D eigenvalue weighted by molar-refractivity contribution is 6.02. The van der Waals surface area contributed by atoms with Crippen molar-refractivity contribution in [1.29, 1.82) is 0 Å². The van der Waals surface area contributed by atoms with Crippen molar-refractivity contribution in [3.63, 3.8) is 0 Å². The van der Waals surface area contributed by atoms with Crippen molar-refractivity contribution < 1.29 is 9.21 Å². The zero-order valence-corrected chi connectivity index (χ0v) is 19.0. The first-order valence-electron chi connectivity index (χ1n) is 11.4. The van der Waals surface area contributed by atoms with Gasteiger partial charge in [0.1, 0.15) is 0 Å². The summed E-state index contributed by atoms with van der Waals surface area (Å²) in [6.07, 6.45) is 4.00. The fourth-order valence-electron chi connectivity index (χ4n) is 4.09. The number of anilines is 1. The Kier molecular flexibility index (Phi) is 7.76. The summed E-state index contributed by atoms with van der Waals surface area (Å²) >= 11 is 0. The van der Waals surface area contributed by atoms with Crippen molar-refractivity contribution in [2.75, 3.05) is 32.0 Å². The van der Waals surface area contributed by atoms with Gasteiger partial charge in [-0.1, -0.05) is 42.5 Å². The quantitative estimate of drug-likeness (QED) is 0.360. The summed E-state index contributed by atoms with van der Waals surface area (Å²) in [6.45, 7) is 3.69. The molecular formula is C26H31N5O2. The number of hydrogen-bond acceptors (Lipinski definition) is 4. The topological polar surface area (TPSA) is 81.9 Å². The summed E-state index contributed by atoms with van der Waals surface area (Å²) in [4.78, 5) is 19.0. The van der Waals surface area contributed by atoms with Crippen molar-refractivity contribution in [3.8, 4) is 0 Å². The average Bonchev–Trinajstić information content (AvgIpc) is 3.58. The summed E-state index contributed by atoms with van der Waals surface area (Å²) in [5.41, 5.74) is 3.14. The molecule has 1 fully saturated rings. The van der Waals surface area contributed by atoms with Gasteiger partial charge in [-0.15, -0.1) is 0 Å². The number of hydrogen-bond donors (Lipinski definition) is 3. The van der Waals surface area contributed by atoms with E-state index in [9.17, 15) is 4.79 Å². The lowest BCUT2D eigenvalue weighted by atomic mass is 10.1. The maximum atomic E-state index is 12.1. The third-order valence-electron chi connectivity index (χ3n) is 5.87. The lowest BCUT2D eigenvalue weighted by molar-refractivity contribution is 0.0996. The number of benzene rings is 2. The smallest absolute Gasteiger partial charge is 0.291 e. The van der Waals surface area contributed by atoms with E-state index in [0.29, 0.717) is 18.3 Å². The Morgan fingerprint density at radius 3 is 2.42 bits per heavy atom. The van der Waals surface area contributed by atoms with Crippen LogP contribution in [0.25, 0.3) is 0 Å². The molecule has 4 rings (SSSR count). The predicted molar refractivity (Wildman–Crippen MR) is 131 cm³/mol. The van der Waals surface area contributed by atoms with Gasteiger partial charge in [-0.05, 0) is 61.3 Å². The van der Waals surface area contributed by atoms with Gasteiger partial charge in [0, 0.05) is 25.8 Å². The van der Waals surface area contributed by atoms with Crippen LogP contribution in [0.3, 0.4) is 0 Å². The second-order valence-electron chi connectivity index (χ2n) is 8.10. The van der Waals surface area contributed by atoms with Crippen molar-refractivity contribution >= 4 is 17.6 Å². The molecule has 3 aromatic rings. The van der Waals surface area contributed by atoms with Crippen molar-refractivity contribution in [2.45, 2.75) is 25.4 Å². The van der Waals surface area contributed by atoms with Gasteiger partial charge in [0.15, 0.2) is 11.7 Å². The average molecular weight is 446 g/mol. The van der Waals surface area contributed by atoms with Crippen LogP contribution in [0.1, 0.15) is 40.6 Å². The van der Waals surface area contributed by atoms with Gasteiger partial charge in [0.25, 0.3) is 5.91 Å². The van der Waals surface area contributed by atoms with Gasteiger partial charge in [-0.2, -0.15) is 0 Å². The van der Waals surface area contributed by atoms with Crippen LogP contribution < -0.4 is 16.0 Å². The molecule has 1 aliphatic rings. The van der Waals surface area contributed by atoms with E-state index in [-0.39, 0.29) is 5.91 Å². The number of likely N-dealkylation sites (tertiary alicyclic amines) is 1. The second kappa shape index (κ2) is 11.3. The number of nitrogens with one attached hydrogen (secondary N) is 3. The Labute approximate surface area is 194 Å². The number of aliphatic imine (C=N–C) groups is 1. The van der Waals surface area contributed by atoms with E-state index in [2.05, 4.69) is 56.2 Å². The van der Waals surface area contributed by atoms with Crippen molar-refractivity contribution in [1.82, 2.24) is 15.5 Å². The zero-order chi connectivity index (χ0) is 22.9. The van der Waals surface area contributed by atoms with Crippen LogP contribution in [0, 0.1) is 0 Å². The number of guanidine groups is 1. The maximum absolute atomic E-state index is 12.1. The van der Waals surface area contributed by atoms with Gasteiger partial charge < -0.3 is 20.4 Å². The summed E-state index contributed by atoms with van der Waals surface area (Å²) in [5.74, 6) is 0.796. The van der Waals surface area contributed by atoms with Gasteiger partial charge >= 0.3 is 0 Å². The van der Waals surface area contributed by atoms with Gasteiger partial charge in [-0.3, -0.25) is 14.7 Å². The molecule has 3 N–H and O–H groups in total. The summed E-state index contributed by atoms with van der Waals surface area (Å²) < 4.78 is 5.12. The van der Waals surface area contributed by atoms with E-state index in [1.165, 1.54) is 24.7 Å². The summed E-state index contributed by atoms with van der Waals surface area (Å²) in [5, 5.41) is 9.71. The largest absolute Gasteiger partial charge is 0.459 e. The number of amides is 1. The van der Waals surface area contributed by atoms with E-state index >= 15 is 0 Å². The van der Waals surface area contributed by atoms with E-state index < -0.39 is 0 Å². The molecule has 1 aromatic heterocycles. The lowest BCUT2D eigenvalue weighted by Crippen LogP contribution is -2.42. The molecule has 7 nitrogen and oxygen atoms in total. The van der Waals surface area contributed by atoms with Crippen LogP contribution >= 0.6 is 0 Å². The van der Waals surface area contributed by atoms with Crippen molar-refractivity contribution in [2.24, 2.45) is 4.99 Å². The lowest BCUT2D eigenvalue weighted by Gasteiger charge is -2.29. The maximum Gasteiger partial charge on any atom is 0.291 e. The van der Waals surface area contributed by atoms with E-state index in [4.69, 9.17) is 4.42 Å². The van der Waals surface area contributed by atoms with Crippen LogP contribution in [-0.2, 0) is 6.54 Å². The number of carbonyl (C=O) groups is 1. The number of rotatable bonds is 8. The fourth-order valence-corrected chi connectivity index (χ4v) is 4.09. The van der Waals surface area contributed by atoms with Gasteiger partial charge in [0.2, 0.25) is 0 Å². The molecule has 0 aliphatic carbocycles. The molecule has 0 spiro atoms. The molecule has 1 aliphatic heterocycles. The Hall–Kier alpha value is -3.58. The molecule has 0 saturated carbocycles. The standard InChI is InChI=1S/C26H31N5O2/c1-27-26(29-19-23(31-15-5-6-16-31)21-8-3-2-4-9-21)28-18-20-11-13-22(14-12-20)30-25(32)24-10-7-17-33-24/h2-4,7-14,17,23H,5-6,15-16,18-19H2,1H3,(H,30,32)(H2,27,28,29). The van der Waals surface area contributed by atoms with E-state index in [1.807, 2.05) is 24.3 Å². The van der Waals surface area contributed by atoms with E-state index in [1.54, 1.807) is 19.2 Å². The Bertz CT molecular complexity index is 1030.